The Labute approximate surface area is 131 Å². The van der Waals surface area contributed by atoms with Gasteiger partial charge in [0, 0.05) is 19.7 Å². The Morgan fingerprint density at radius 2 is 2.18 bits per heavy atom. The van der Waals surface area contributed by atoms with Crippen molar-refractivity contribution in [2.45, 2.75) is 26.4 Å². The van der Waals surface area contributed by atoms with Gasteiger partial charge in [-0.15, -0.1) is 0 Å². The number of nitrogens with zero attached hydrogens (tertiary/aromatic N) is 1. The molecule has 22 heavy (non-hydrogen) atoms. The molecule has 0 radical (unpaired) electrons. The monoisotopic (exact) mass is 308 g/mol. The molecule has 1 unspecified atom stereocenters. The molecule has 0 bridgehead atoms. The molecule has 2 rings (SSSR count). The predicted octanol–water partition coefficient (Wildman–Crippen LogP) is 1.39. The minimum Gasteiger partial charge on any atom is -0.454 e. The number of likely N-dealkylation sites (N-methyl/N-ethyl adjacent to an activating group) is 1. The van der Waals surface area contributed by atoms with Crippen LogP contribution in [0.2, 0.25) is 0 Å². The summed E-state index contributed by atoms with van der Waals surface area (Å²) in [4.78, 5) is 14.1. The molecule has 0 aliphatic carbocycles. The van der Waals surface area contributed by atoms with Crippen LogP contribution in [0.4, 0.5) is 0 Å². The van der Waals surface area contributed by atoms with Crippen LogP contribution in [0.25, 0.3) is 0 Å². The summed E-state index contributed by atoms with van der Waals surface area (Å²) in [6.07, 6.45) is 0. The topological polar surface area (TPSA) is 60.0 Å². The first-order chi connectivity index (χ1) is 10.6. The second-order valence-corrected chi connectivity index (χ2v) is 5.41. The van der Waals surface area contributed by atoms with Gasteiger partial charge in [-0.25, -0.2) is 0 Å². The number of nitrogens with one attached hydrogen (secondary N) is 1. The Balaban J connectivity index is 1.87. The molecule has 0 saturated heterocycles. The van der Waals surface area contributed by atoms with Crippen molar-refractivity contribution in [3.8, 4) is 11.5 Å². The molecule has 1 N–H and O–H groups in total. The van der Waals surface area contributed by atoms with E-state index in [9.17, 15) is 4.79 Å². The average Bonchev–Trinajstić information content (AvgIpc) is 2.94. The lowest BCUT2D eigenvalue weighted by Crippen LogP contribution is -2.42. The molecule has 1 aliphatic rings. The third-order valence-corrected chi connectivity index (χ3v) is 3.48. The van der Waals surface area contributed by atoms with Crippen molar-refractivity contribution in [2.24, 2.45) is 0 Å². The van der Waals surface area contributed by atoms with Crippen LogP contribution in [0, 0.1) is 0 Å². The number of hydrogen-bond donors (Lipinski definition) is 1. The standard InChI is InChI=1S/C16H24N2O4/c1-4-18(9-16(19)17-12(2)10-20-3)8-13-5-6-14-15(7-13)22-11-21-14/h5-7,12H,4,8-11H2,1-3H3,(H,17,19). The minimum atomic E-state index is 0.00661. The molecule has 6 nitrogen and oxygen atoms in total. The molecule has 1 aliphatic heterocycles. The van der Waals surface area contributed by atoms with Gasteiger partial charge in [0.25, 0.3) is 0 Å². The van der Waals surface area contributed by atoms with E-state index in [1.165, 1.54) is 0 Å². The number of rotatable bonds is 8. The number of ether oxygens (including phenoxy) is 3. The Hall–Kier alpha value is -1.79. The molecule has 1 amide bonds. The van der Waals surface area contributed by atoms with Crippen molar-refractivity contribution >= 4 is 5.91 Å². The molecule has 0 saturated carbocycles. The molecule has 1 atom stereocenters. The normalized spacial score (nSPS) is 14.2. The fourth-order valence-corrected chi connectivity index (χ4v) is 2.39. The van der Waals surface area contributed by atoms with Crippen LogP contribution in [0.1, 0.15) is 19.4 Å². The van der Waals surface area contributed by atoms with Crippen LogP contribution in [0.15, 0.2) is 18.2 Å². The molecule has 122 valence electrons. The van der Waals surface area contributed by atoms with Gasteiger partial charge < -0.3 is 19.5 Å². The zero-order valence-corrected chi connectivity index (χ0v) is 13.4. The molecule has 1 aromatic rings. The molecular formula is C16H24N2O4. The van der Waals surface area contributed by atoms with Crippen molar-refractivity contribution in [2.75, 3.05) is 33.6 Å². The van der Waals surface area contributed by atoms with Gasteiger partial charge in [-0.05, 0) is 31.2 Å². The lowest BCUT2D eigenvalue weighted by atomic mass is 10.2. The van der Waals surface area contributed by atoms with Crippen molar-refractivity contribution in [1.29, 1.82) is 0 Å². The van der Waals surface area contributed by atoms with Gasteiger partial charge in [0.2, 0.25) is 12.7 Å². The predicted molar refractivity (Wildman–Crippen MR) is 83.0 cm³/mol. The molecule has 0 spiro atoms. The van der Waals surface area contributed by atoms with E-state index in [-0.39, 0.29) is 18.7 Å². The Morgan fingerprint density at radius 3 is 2.91 bits per heavy atom. The third kappa shape index (κ3) is 4.61. The highest BCUT2D eigenvalue weighted by Crippen LogP contribution is 2.32. The first kappa shape index (κ1) is 16.6. The summed E-state index contributed by atoms with van der Waals surface area (Å²) in [5.74, 6) is 1.55. The largest absolute Gasteiger partial charge is 0.454 e. The molecule has 6 heteroatoms. The van der Waals surface area contributed by atoms with Crippen LogP contribution < -0.4 is 14.8 Å². The highest BCUT2D eigenvalue weighted by Gasteiger charge is 2.16. The van der Waals surface area contributed by atoms with E-state index in [2.05, 4.69) is 10.2 Å². The summed E-state index contributed by atoms with van der Waals surface area (Å²) >= 11 is 0. The Kier molecular flexibility index (Phi) is 6.03. The van der Waals surface area contributed by atoms with E-state index in [1.807, 2.05) is 32.0 Å². The highest BCUT2D eigenvalue weighted by atomic mass is 16.7. The van der Waals surface area contributed by atoms with Gasteiger partial charge in [-0.1, -0.05) is 13.0 Å². The first-order valence-corrected chi connectivity index (χ1v) is 7.51. The minimum absolute atomic E-state index is 0.00661. The number of fused-ring (bicyclic) bond motifs is 1. The summed E-state index contributed by atoms with van der Waals surface area (Å²) in [5.41, 5.74) is 1.10. The van der Waals surface area contributed by atoms with Crippen LogP contribution in [-0.2, 0) is 16.1 Å². The summed E-state index contributed by atoms with van der Waals surface area (Å²) in [7, 11) is 1.63. The Bertz CT molecular complexity index is 507. The zero-order chi connectivity index (χ0) is 15.9. The molecule has 0 fully saturated rings. The van der Waals surface area contributed by atoms with Gasteiger partial charge in [0.1, 0.15) is 0 Å². The summed E-state index contributed by atoms with van der Waals surface area (Å²) in [6, 6.07) is 5.89. The zero-order valence-electron chi connectivity index (χ0n) is 13.4. The summed E-state index contributed by atoms with van der Waals surface area (Å²) in [5, 5.41) is 2.92. The number of benzene rings is 1. The molecular weight excluding hydrogens is 284 g/mol. The maximum Gasteiger partial charge on any atom is 0.234 e. The SMILES string of the molecule is CCN(CC(=O)NC(C)COC)Cc1ccc2c(c1)OCO2. The number of amides is 1. The number of methoxy groups -OCH3 is 1. The lowest BCUT2D eigenvalue weighted by molar-refractivity contribution is -0.123. The van der Waals surface area contributed by atoms with E-state index in [0.29, 0.717) is 19.7 Å². The van der Waals surface area contributed by atoms with E-state index in [4.69, 9.17) is 14.2 Å². The molecule has 1 heterocycles. The van der Waals surface area contributed by atoms with E-state index < -0.39 is 0 Å². The van der Waals surface area contributed by atoms with Crippen LogP contribution in [-0.4, -0.2) is 50.4 Å². The fraction of sp³-hybridized carbons (Fsp3) is 0.562. The van der Waals surface area contributed by atoms with Gasteiger partial charge in [0.15, 0.2) is 11.5 Å². The number of hydrogen-bond acceptors (Lipinski definition) is 5. The lowest BCUT2D eigenvalue weighted by Gasteiger charge is -2.21. The molecule has 0 aromatic heterocycles. The average molecular weight is 308 g/mol. The first-order valence-electron chi connectivity index (χ1n) is 7.51. The molecule has 1 aromatic carbocycles. The smallest absolute Gasteiger partial charge is 0.234 e. The number of carbonyl (C=O) groups excluding carboxylic acids is 1. The second-order valence-electron chi connectivity index (χ2n) is 5.41. The van der Waals surface area contributed by atoms with Crippen molar-refractivity contribution in [3.05, 3.63) is 23.8 Å². The van der Waals surface area contributed by atoms with Crippen LogP contribution >= 0.6 is 0 Å². The fourth-order valence-electron chi connectivity index (χ4n) is 2.39. The Morgan fingerprint density at radius 1 is 1.41 bits per heavy atom. The van der Waals surface area contributed by atoms with Gasteiger partial charge in [-0.2, -0.15) is 0 Å². The van der Waals surface area contributed by atoms with Crippen molar-refractivity contribution in [1.82, 2.24) is 10.2 Å². The van der Waals surface area contributed by atoms with Gasteiger partial charge in [-0.3, -0.25) is 9.69 Å². The van der Waals surface area contributed by atoms with E-state index in [0.717, 1.165) is 23.6 Å². The maximum atomic E-state index is 12.0. The van der Waals surface area contributed by atoms with Crippen LogP contribution in [0.3, 0.4) is 0 Å². The second kappa shape index (κ2) is 8.00. The van der Waals surface area contributed by atoms with Gasteiger partial charge >= 0.3 is 0 Å². The third-order valence-electron chi connectivity index (χ3n) is 3.48. The van der Waals surface area contributed by atoms with E-state index in [1.54, 1.807) is 7.11 Å². The summed E-state index contributed by atoms with van der Waals surface area (Å²) < 4.78 is 15.7. The van der Waals surface area contributed by atoms with E-state index >= 15 is 0 Å². The quantitative estimate of drug-likeness (QED) is 0.786. The summed E-state index contributed by atoms with van der Waals surface area (Å²) in [6.45, 7) is 6.60. The highest BCUT2D eigenvalue weighted by molar-refractivity contribution is 5.78. The van der Waals surface area contributed by atoms with Gasteiger partial charge in [0.05, 0.1) is 13.2 Å². The van der Waals surface area contributed by atoms with Crippen LogP contribution in [0.5, 0.6) is 11.5 Å². The van der Waals surface area contributed by atoms with Crippen molar-refractivity contribution in [3.63, 3.8) is 0 Å². The number of carbonyl (C=O) groups is 1. The maximum absolute atomic E-state index is 12.0. The van der Waals surface area contributed by atoms with Crippen molar-refractivity contribution < 1.29 is 19.0 Å².